The first-order valence-corrected chi connectivity index (χ1v) is 6.09. The topological polar surface area (TPSA) is 20.3 Å². The largest absolute Gasteiger partial charge is 0.300 e. The van der Waals surface area contributed by atoms with Crippen LogP contribution in [-0.4, -0.2) is 28.3 Å². The molecular weight excluding hydrogens is 186 g/mol. The van der Waals surface area contributed by atoms with Crippen molar-refractivity contribution >= 4 is 5.78 Å². The third-order valence-electron chi connectivity index (χ3n) is 3.46. The van der Waals surface area contributed by atoms with E-state index in [1.54, 1.807) is 0 Å². The van der Waals surface area contributed by atoms with E-state index in [9.17, 15) is 4.79 Å². The highest BCUT2D eigenvalue weighted by atomic mass is 16.1. The van der Waals surface area contributed by atoms with E-state index in [1.807, 2.05) is 0 Å². The van der Waals surface area contributed by atoms with Gasteiger partial charge in [0, 0.05) is 23.9 Å². The first kappa shape index (κ1) is 12.7. The van der Waals surface area contributed by atoms with Gasteiger partial charge in [-0.25, -0.2) is 0 Å². The van der Waals surface area contributed by atoms with E-state index in [0.29, 0.717) is 18.6 Å². The highest BCUT2D eigenvalue weighted by Crippen LogP contribution is 2.36. The maximum Gasteiger partial charge on any atom is 0.136 e. The molecule has 1 aliphatic rings. The predicted octanol–water partition coefficient (Wildman–Crippen LogP) is 3.01. The van der Waals surface area contributed by atoms with E-state index >= 15 is 0 Å². The van der Waals surface area contributed by atoms with Crippen LogP contribution in [0.15, 0.2) is 0 Å². The Morgan fingerprint density at radius 3 is 2.00 bits per heavy atom. The number of carbonyl (C=O) groups is 1. The number of piperidine rings is 1. The van der Waals surface area contributed by atoms with E-state index < -0.39 is 0 Å². The lowest BCUT2D eigenvalue weighted by Gasteiger charge is -2.52. The highest BCUT2D eigenvalue weighted by Gasteiger charge is 2.44. The Kier molecular flexibility index (Phi) is 3.59. The van der Waals surface area contributed by atoms with Crippen molar-refractivity contribution in [1.82, 2.24) is 4.90 Å². The molecule has 0 atom stereocenters. The fraction of sp³-hybridized carbons (Fsp3) is 0.923. The standard InChI is InChI=1S/C13H25NO/c1-6-7-8-14-12(2,3)9-11(15)10-13(14,4)5/h6-10H2,1-5H3. The summed E-state index contributed by atoms with van der Waals surface area (Å²) in [6.07, 6.45) is 3.86. The van der Waals surface area contributed by atoms with Crippen LogP contribution in [0.25, 0.3) is 0 Å². The summed E-state index contributed by atoms with van der Waals surface area (Å²) in [4.78, 5) is 14.2. The van der Waals surface area contributed by atoms with Crippen LogP contribution in [0.1, 0.15) is 60.3 Å². The molecule has 0 radical (unpaired) electrons. The number of carbonyl (C=O) groups excluding carboxylic acids is 1. The van der Waals surface area contributed by atoms with Gasteiger partial charge in [0.1, 0.15) is 5.78 Å². The van der Waals surface area contributed by atoms with E-state index in [0.717, 1.165) is 6.54 Å². The Bertz CT molecular complexity index is 223. The molecular formula is C13H25NO. The molecule has 0 aromatic heterocycles. The molecule has 88 valence electrons. The lowest BCUT2D eigenvalue weighted by Crippen LogP contribution is -2.61. The molecule has 1 aliphatic heterocycles. The second-order valence-corrected chi connectivity index (χ2v) is 6.02. The predicted molar refractivity (Wildman–Crippen MR) is 64.0 cm³/mol. The van der Waals surface area contributed by atoms with Crippen molar-refractivity contribution in [1.29, 1.82) is 0 Å². The van der Waals surface area contributed by atoms with Crippen LogP contribution in [0, 0.1) is 0 Å². The Morgan fingerprint density at radius 1 is 1.13 bits per heavy atom. The fourth-order valence-corrected chi connectivity index (χ4v) is 2.96. The number of hydrogen-bond acceptors (Lipinski definition) is 2. The third-order valence-corrected chi connectivity index (χ3v) is 3.46. The molecule has 2 nitrogen and oxygen atoms in total. The summed E-state index contributed by atoms with van der Waals surface area (Å²) in [6.45, 7) is 12.1. The van der Waals surface area contributed by atoms with Gasteiger partial charge in [-0.05, 0) is 40.7 Å². The maximum absolute atomic E-state index is 11.7. The van der Waals surface area contributed by atoms with Crippen LogP contribution in [0.4, 0.5) is 0 Å². The minimum atomic E-state index is 0.0357. The van der Waals surface area contributed by atoms with Crippen LogP contribution in [-0.2, 0) is 4.79 Å². The summed E-state index contributed by atoms with van der Waals surface area (Å²) in [6, 6.07) is 0. The molecule has 0 aliphatic carbocycles. The van der Waals surface area contributed by atoms with Crippen molar-refractivity contribution in [2.24, 2.45) is 0 Å². The number of nitrogens with zero attached hydrogens (tertiary/aromatic N) is 1. The van der Waals surface area contributed by atoms with Gasteiger partial charge in [-0.1, -0.05) is 13.3 Å². The van der Waals surface area contributed by atoms with E-state index in [4.69, 9.17) is 0 Å². The van der Waals surface area contributed by atoms with Crippen molar-refractivity contribution in [2.45, 2.75) is 71.4 Å². The van der Waals surface area contributed by atoms with Crippen LogP contribution in [0.5, 0.6) is 0 Å². The SMILES string of the molecule is CCCCN1C(C)(C)CC(=O)CC1(C)C. The van der Waals surface area contributed by atoms with Crippen molar-refractivity contribution in [3.8, 4) is 0 Å². The molecule has 1 heterocycles. The van der Waals surface area contributed by atoms with Crippen molar-refractivity contribution in [3.63, 3.8) is 0 Å². The van der Waals surface area contributed by atoms with E-state index in [2.05, 4.69) is 39.5 Å². The molecule has 0 N–H and O–H groups in total. The Morgan fingerprint density at radius 2 is 1.60 bits per heavy atom. The summed E-state index contributed by atoms with van der Waals surface area (Å²) < 4.78 is 0. The summed E-state index contributed by atoms with van der Waals surface area (Å²) >= 11 is 0. The van der Waals surface area contributed by atoms with Gasteiger partial charge in [0.15, 0.2) is 0 Å². The van der Waals surface area contributed by atoms with Gasteiger partial charge in [-0.2, -0.15) is 0 Å². The summed E-state index contributed by atoms with van der Waals surface area (Å²) in [5.74, 6) is 0.415. The van der Waals surface area contributed by atoms with Crippen LogP contribution in [0.3, 0.4) is 0 Å². The van der Waals surface area contributed by atoms with Gasteiger partial charge in [-0.3, -0.25) is 9.69 Å². The number of unbranched alkanes of at least 4 members (excludes halogenated alkanes) is 1. The van der Waals surface area contributed by atoms with E-state index in [1.165, 1.54) is 12.8 Å². The molecule has 0 bridgehead atoms. The van der Waals surface area contributed by atoms with Gasteiger partial charge in [0.2, 0.25) is 0 Å². The number of rotatable bonds is 3. The zero-order chi connectivity index (χ0) is 11.7. The van der Waals surface area contributed by atoms with Gasteiger partial charge in [0.05, 0.1) is 0 Å². The van der Waals surface area contributed by atoms with Crippen LogP contribution >= 0.6 is 0 Å². The average Bonchev–Trinajstić information content (AvgIpc) is 1.98. The second kappa shape index (κ2) is 4.25. The number of Topliss-reactive ketones (excluding diaryl/α,β-unsaturated/α-hetero) is 1. The molecule has 0 amide bonds. The molecule has 1 saturated heterocycles. The minimum Gasteiger partial charge on any atom is -0.300 e. The third kappa shape index (κ3) is 2.81. The molecule has 0 aromatic carbocycles. The number of ketones is 1. The van der Waals surface area contributed by atoms with E-state index in [-0.39, 0.29) is 11.1 Å². The van der Waals surface area contributed by atoms with Crippen molar-refractivity contribution in [2.75, 3.05) is 6.54 Å². The molecule has 1 fully saturated rings. The monoisotopic (exact) mass is 211 g/mol. The highest BCUT2D eigenvalue weighted by molar-refractivity contribution is 5.81. The zero-order valence-electron chi connectivity index (χ0n) is 10.9. The molecule has 0 spiro atoms. The zero-order valence-corrected chi connectivity index (χ0v) is 10.9. The van der Waals surface area contributed by atoms with Gasteiger partial charge < -0.3 is 0 Å². The number of likely N-dealkylation sites (tertiary alicyclic amines) is 1. The van der Waals surface area contributed by atoms with Crippen molar-refractivity contribution < 1.29 is 4.79 Å². The average molecular weight is 211 g/mol. The van der Waals surface area contributed by atoms with Crippen molar-refractivity contribution in [3.05, 3.63) is 0 Å². The molecule has 0 unspecified atom stereocenters. The quantitative estimate of drug-likeness (QED) is 0.715. The van der Waals surface area contributed by atoms with Crippen LogP contribution in [0.2, 0.25) is 0 Å². The Labute approximate surface area is 94.0 Å². The lowest BCUT2D eigenvalue weighted by molar-refractivity contribution is -0.133. The first-order chi connectivity index (χ1) is 6.79. The summed E-state index contributed by atoms with van der Waals surface area (Å²) in [5, 5.41) is 0. The van der Waals surface area contributed by atoms with Gasteiger partial charge in [0.25, 0.3) is 0 Å². The maximum atomic E-state index is 11.7. The Balaban J connectivity index is 2.82. The minimum absolute atomic E-state index is 0.0357. The first-order valence-electron chi connectivity index (χ1n) is 6.09. The molecule has 0 aromatic rings. The molecule has 15 heavy (non-hydrogen) atoms. The molecule has 0 saturated carbocycles. The van der Waals surface area contributed by atoms with Gasteiger partial charge >= 0.3 is 0 Å². The summed E-state index contributed by atoms with van der Waals surface area (Å²) in [7, 11) is 0. The fourth-order valence-electron chi connectivity index (χ4n) is 2.96. The Hall–Kier alpha value is -0.370. The normalized spacial score (nSPS) is 25.5. The smallest absolute Gasteiger partial charge is 0.136 e. The van der Waals surface area contributed by atoms with Crippen LogP contribution < -0.4 is 0 Å². The second-order valence-electron chi connectivity index (χ2n) is 6.02. The van der Waals surface area contributed by atoms with Gasteiger partial charge in [-0.15, -0.1) is 0 Å². The molecule has 2 heteroatoms. The number of hydrogen-bond donors (Lipinski definition) is 0. The molecule has 1 rings (SSSR count). The lowest BCUT2D eigenvalue weighted by atomic mass is 9.79. The summed E-state index contributed by atoms with van der Waals surface area (Å²) in [5.41, 5.74) is 0.0714.